The Morgan fingerprint density at radius 2 is 2.24 bits per heavy atom. The van der Waals surface area contributed by atoms with Crippen molar-refractivity contribution >= 4 is 5.82 Å². The van der Waals surface area contributed by atoms with Crippen LogP contribution < -0.4 is 5.32 Å². The fourth-order valence-electron chi connectivity index (χ4n) is 2.75. The van der Waals surface area contributed by atoms with Gasteiger partial charge in [0, 0.05) is 22.6 Å². The summed E-state index contributed by atoms with van der Waals surface area (Å²) >= 11 is 0. The predicted octanol–water partition coefficient (Wildman–Crippen LogP) is 3.60. The number of rotatable bonds is 3. The second-order valence-electron chi connectivity index (χ2n) is 5.19. The number of hydrogen-bond donors (Lipinski definition) is 2. The van der Waals surface area contributed by atoms with E-state index in [1.807, 2.05) is 25.1 Å². The number of aromatic amines is 1. The summed E-state index contributed by atoms with van der Waals surface area (Å²) in [6.45, 7) is 11.7. The van der Waals surface area contributed by atoms with Crippen molar-refractivity contribution in [3.8, 4) is 0 Å². The SMILES string of the molecule is [C-]#[N+]C1=C(CCC)Nc2[nH]ncc2C1c1cccc(C)n1. The number of allylic oxidation sites excluding steroid dienone is 2. The first-order valence-corrected chi connectivity index (χ1v) is 7.09. The Morgan fingerprint density at radius 1 is 1.38 bits per heavy atom. The van der Waals surface area contributed by atoms with Gasteiger partial charge in [0.2, 0.25) is 0 Å². The van der Waals surface area contributed by atoms with E-state index in [2.05, 4.69) is 32.3 Å². The topological polar surface area (TPSA) is 58.0 Å². The van der Waals surface area contributed by atoms with Crippen LogP contribution in [0.1, 0.15) is 42.6 Å². The first kappa shape index (κ1) is 13.4. The van der Waals surface area contributed by atoms with E-state index < -0.39 is 0 Å². The molecule has 1 aliphatic heterocycles. The van der Waals surface area contributed by atoms with E-state index >= 15 is 0 Å². The third-order valence-corrected chi connectivity index (χ3v) is 3.66. The van der Waals surface area contributed by atoms with E-state index in [0.717, 1.165) is 47.0 Å². The number of hydrogen-bond acceptors (Lipinski definition) is 3. The summed E-state index contributed by atoms with van der Waals surface area (Å²) in [5.74, 6) is 0.734. The van der Waals surface area contributed by atoms with Crippen molar-refractivity contribution in [2.75, 3.05) is 5.32 Å². The Labute approximate surface area is 123 Å². The van der Waals surface area contributed by atoms with Crippen LogP contribution in [0.4, 0.5) is 5.82 Å². The van der Waals surface area contributed by atoms with Gasteiger partial charge in [-0.1, -0.05) is 19.4 Å². The van der Waals surface area contributed by atoms with Gasteiger partial charge in [-0.25, -0.2) is 4.85 Å². The van der Waals surface area contributed by atoms with E-state index in [0.29, 0.717) is 0 Å². The van der Waals surface area contributed by atoms with Gasteiger partial charge in [0.15, 0.2) is 5.70 Å². The highest BCUT2D eigenvalue weighted by molar-refractivity contribution is 5.61. The van der Waals surface area contributed by atoms with Crippen LogP contribution in [0.15, 0.2) is 35.8 Å². The lowest BCUT2D eigenvalue weighted by Crippen LogP contribution is -2.18. The molecule has 1 aliphatic rings. The number of H-pyrrole nitrogens is 1. The molecule has 21 heavy (non-hydrogen) atoms. The van der Waals surface area contributed by atoms with Crippen LogP contribution in [0.5, 0.6) is 0 Å². The number of nitrogens with one attached hydrogen (secondary N) is 2. The minimum Gasteiger partial charge on any atom is -0.354 e. The highest BCUT2D eigenvalue weighted by Gasteiger charge is 2.32. The molecule has 5 heteroatoms. The second-order valence-corrected chi connectivity index (χ2v) is 5.19. The van der Waals surface area contributed by atoms with Crippen molar-refractivity contribution in [3.63, 3.8) is 0 Å². The van der Waals surface area contributed by atoms with Crippen molar-refractivity contribution in [1.82, 2.24) is 15.2 Å². The molecule has 5 nitrogen and oxygen atoms in total. The van der Waals surface area contributed by atoms with Crippen molar-refractivity contribution in [1.29, 1.82) is 0 Å². The van der Waals surface area contributed by atoms with Crippen molar-refractivity contribution in [2.24, 2.45) is 0 Å². The lowest BCUT2D eigenvalue weighted by atomic mass is 9.89. The molecule has 3 heterocycles. The number of nitrogens with zero attached hydrogens (tertiary/aromatic N) is 3. The first-order valence-electron chi connectivity index (χ1n) is 7.09. The first-order chi connectivity index (χ1) is 10.2. The van der Waals surface area contributed by atoms with Gasteiger partial charge in [0.1, 0.15) is 5.82 Å². The third kappa shape index (κ3) is 2.29. The minimum absolute atomic E-state index is 0.140. The molecule has 0 aromatic carbocycles. The molecule has 0 saturated heterocycles. The molecule has 2 aromatic rings. The highest BCUT2D eigenvalue weighted by atomic mass is 15.2. The van der Waals surface area contributed by atoms with Crippen LogP contribution in [0.2, 0.25) is 0 Å². The lowest BCUT2D eigenvalue weighted by molar-refractivity contribution is 0.825. The zero-order chi connectivity index (χ0) is 14.8. The normalized spacial score (nSPS) is 17.1. The summed E-state index contributed by atoms with van der Waals surface area (Å²) in [5.41, 5.74) is 4.54. The Balaban J connectivity index is 2.17. The molecular formula is C16H17N5. The average Bonchev–Trinajstić information content (AvgIpc) is 2.94. The number of aryl methyl sites for hydroxylation is 1. The number of fused-ring (bicyclic) bond motifs is 1. The molecule has 2 N–H and O–H groups in total. The molecule has 1 unspecified atom stereocenters. The highest BCUT2D eigenvalue weighted by Crippen LogP contribution is 2.41. The smallest absolute Gasteiger partial charge is 0.197 e. The molecule has 0 radical (unpaired) electrons. The van der Waals surface area contributed by atoms with Crippen LogP contribution in [0.3, 0.4) is 0 Å². The van der Waals surface area contributed by atoms with Crippen LogP contribution in [-0.2, 0) is 0 Å². The Hall–Kier alpha value is -2.61. The fourth-order valence-corrected chi connectivity index (χ4v) is 2.75. The molecule has 3 rings (SSSR count). The Morgan fingerprint density at radius 3 is 2.95 bits per heavy atom. The Bertz CT molecular complexity index is 735. The molecule has 106 valence electrons. The van der Waals surface area contributed by atoms with Gasteiger partial charge in [-0.05, 0) is 25.5 Å². The molecule has 0 fully saturated rings. The van der Waals surface area contributed by atoms with Gasteiger partial charge in [-0.3, -0.25) is 10.1 Å². The summed E-state index contributed by atoms with van der Waals surface area (Å²) in [7, 11) is 0. The van der Waals surface area contributed by atoms with Crippen LogP contribution in [0.25, 0.3) is 4.85 Å². The maximum atomic E-state index is 7.60. The monoisotopic (exact) mass is 279 g/mol. The standard InChI is InChI=1S/C16H17N5/c1-4-6-13-15(17-3)14(11-9-18-21-16(11)20-13)12-8-5-7-10(2)19-12/h5,7-9,14H,4,6H2,1-2H3,(H2,18,20,21). The zero-order valence-electron chi connectivity index (χ0n) is 12.1. The van der Waals surface area contributed by atoms with Gasteiger partial charge in [0.25, 0.3) is 0 Å². The van der Waals surface area contributed by atoms with Crippen LogP contribution in [-0.4, -0.2) is 15.2 Å². The molecular weight excluding hydrogens is 262 g/mol. The van der Waals surface area contributed by atoms with Crippen molar-refractivity contribution in [3.05, 3.63) is 64.2 Å². The number of pyridine rings is 1. The summed E-state index contributed by atoms with van der Waals surface area (Å²) in [5, 5.41) is 10.4. The van der Waals surface area contributed by atoms with E-state index in [1.54, 1.807) is 6.20 Å². The van der Waals surface area contributed by atoms with E-state index in [9.17, 15) is 0 Å². The summed E-state index contributed by atoms with van der Waals surface area (Å²) in [6, 6.07) is 5.93. The Kier molecular flexibility index (Phi) is 3.44. The van der Waals surface area contributed by atoms with Crippen LogP contribution in [0, 0.1) is 13.5 Å². The van der Waals surface area contributed by atoms with E-state index in [1.165, 1.54) is 0 Å². The molecule has 0 spiro atoms. The van der Waals surface area contributed by atoms with Gasteiger partial charge in [-0.15, -0.1) is 0 Å². The van der Waals surface area contributed by atoms with Gasteiger partial charge < -0.3 is 5.32 Å². The third-order valence-electron chi connectivity index (χ3n) is 3.66. The maximum absolute atomic E-state index is 7.60. The largest absolute Gasteiger partial charge is 0.354 e. The fraction of sp³-hybridized carbons (Fsp3) is 0.312. The summed E-state index contributed by atoms with van der Waals surface area (Å²) < 4.78 is 0. The maximum Gasteiger partial charge on any atom is 0.197 e. The van der Waals surface area contributed by atoms with E-state index in [4.69, 9.17) is 6.57 Å². The minimum atomic E-state index is -0.140. The van der Waals surface area contributed by atoms with Gasteiger partial charge >= 0.3 is 0 Å². The zero-order valence-corrected chi connectivity index (χ0v) is 12.1. The molecule has 0 amide bonds. The number of aromatic nitrogens is 3. The predicted molar refractivity (Wildman–Crippen MR) is 81.6 cm³/mol. The quantitative estimate of drug-likeness (QED) is 0.844. The van der Waals surface area contributed by atoms with Crippen molar-refractivity contribution in [2.45, 2.75) is 32.6 Å². The number of anilines is 1. The van der Waals surface area contributed by atoms with Crippen molar-refractivity contribution < 1.29 is 0 Å². The lowest BCUT2D eigenvalue weighted by Gasteiger charge is -2.25. The molecule has 0 bridgehead atoms. The van der Waals surface area contributed by atoms with E-state index in [-0.39, 0.29) is 5.92 Å². The summed E-state index contributed by atoms with van der Waals surface area (Å²) in [6.07, 6.45) is 3.61. The second kappa shape index (κ2) is 5.41. The van der Waals surface area contributed by atoms with Crippen LogP contribution >= 0.6 is 0 Å². The molecule has 0 aliphatic carbocycles. The molecule has 1 atom stereocenters. The van der Waals surface area contributed by atoms with Gasteiger partial charge in [-0.2, -0.15) is 5.10 Å². The molecule has 0 saturated carbocycles. The summed E-state index contributed by atoms with van der Waals surface area (Å²) in [4.78, 5) is 8.42. The average molecular weight is 279 g/mol. The molecule has 2 aromatic heterocycles. The van der Waals surface area contributed by atoms with Gasteiger partial charge in [0.05, 0.1) is 18.7 Å².